The van der Waals surface area contributed by atoms with Crippen LogP contribution in [-0.4, -0.2) is 49.6 Å². The number of rotatable bonds is 7. The van der Waals surface area contributed by atoms with E-state index in [-0.39, 0.29) is 11.9 Å². The van der Waals surface area contributed by atoms with Gasteiger partial charge in [-0.2, -0.15) is 5.26 Å². The SMILES string of the molecule is CCN(Cc1ccccc1)C(=O)[C@H](C)[NH+]1CC[NH+](Cc2ccc(C#N)cc2)CC1. The van der Waals surface area contributed by atoms with E-state index in [1.165, 1.54) is 16.0 Å². The van der Waals surface area contributed by atoms with Crippen LogP contribution in [0.15, 0.2) is 54.6 Å². The van der Waals surface area contributed by atoms with Crippen LogP contribution in [0.2, 0.25) is 0 Å². The van der Waals surface area contributed by atoms with E-state index in [0.717, 1.165) is 39.3 Å². The number of amides is 1. The van der Waals surface area contributed by atoms with Crippen LogP contribution in [0.1, 0.15) is 30.5 Å². The third-order valence-electron chi connectivity index (χ3n) is 6.03. The van der Waals surface area contributed by atoms with Crippen LogP contribution in [0.25, 0.3) is 0 Å². The van der Waals surface area contributed by atoms with Crippen LogP contribution in [0, 0.1) is 11.3 Å². The quantitative estimate of drug-likeness (QED) is 0.711. The highest BCUT2D eigenvalue weighted by Crippen LogP contribution is 2.05. The zero-order valence-corrected chi connectivity index (χ0v) is 17.5. The van der Waals surface area contributed by atoms with E-state index in [4.69, 9.17) is 5.26 Å². The summed E-state index contributed by atoms with van der Waals surface area (Å²) in [5.41, 5.74) is 3.16. The van der Waals surface area contributed by atoms with Crippen LogP contribution >= 0.6 is 0 Å². The topological polar surface area (TPSA) is 53.0 Å². The number of carbonyl (C=O) groups is 1. The molecular weight excluding hydrogens is 360 g/mol. The summed E-state index contributed by atoms with van der Waals surface area (Å²) in [6.45, 7) is 10.7. The van der Waals surface area contributed by atoms with Crippen LogP contribution in [0.5, 0.6) is 0 Å². The van der Waals surface area contributed by atoms with Gasteiger partial charge in [-0.1, -0.05) is 42.5 Å². The Morgan fingerprint density at radius 1 is 1.03 bits per heavy atom. The lowest BCUT2D eigenvalue weighted by molar-refractivity contribution is -1.02. The fourth-order valence-corrected chi connectivity index (χ4v) is 4.12. The molecule has 0 saturated carbocycles. The van der Waals surface area contributed by atoms with Crippen molar-refractivity contribution in [2.45, 2.75) is 33.0 Å². The van der Waals surface area contributed by atoms with Crippen LogP contribution < -0.4 is 9.80 Å². The fourth-order valence-electron chi connectivity index (χ4n) is 4.12. The van der Waals surface area contributed by atoms with Crippen molar-refractivity contribution in [2.75, 3.05) is 32.7 Å². The van der Waals surface area contributed by atoms with Crippen molar-refractivity contribution in [3.8, 4) is 6.07 Å². The van der Waals surface area contributed by atoms with Gasteiger partial charge in [0, 0.05) is 18.7 Å². The molecule has 1 amide bonds. The third kappa shape index (κ3) is 5.66. The molecule has 0 aromatic heterocycles. The summed E-state index contributed by atoms with van der Waals surface area (Å²) in [7, 11) is 0. The largest absolute Gasteiger partial charge is 0.334 e. The molecule has 1 aliphatic rings. The number of benzene rings is 2. The Morgan fingerprint density at radius 3 is 2.28 bits per heavy atom. The first kappa shape index (κ1) is 21.0. The second kappa shape index (κ2) is 10.2. The Morgan fingerprint density at radius 2 is 1.69 bits per heavy atom. The third-order valence-corrected chi connectivity index (χ3v) is 6.03. The number of nitrogens with one attached hydrogen (secondary N) is 2. The van der Waals surface area contributed by atoms with Crippen molar-refractivity contribution < 1.29 is 14.6 Å². The van der Waals surface area contributed by atoms with E-state index in [2.05, 4.69) is 44.2 Å². The van der Waals surface area contributed by atoms with Crippen LogP contribution in [0.4, 0.5) is 0 Å². The lowest BCUT2D eigenvalue weighted by Crippen LogP contribution is -3.29. The summed E-state index contributed by atoms with van der Waals surface area (Å²) in [5.74, 6) is 0.252. The maximum atomic E-state index is 13.1. The molecule has 2 N–H and O–H groups in total. The monoisotopic (exact) mass is 392 g/mol. The van der Waals surface area contributed by atoms with Gasteiger partial charge in [0.05, 0.1) is 11.6 Å². The van der Waals surface area contributed by atoms with E-state index >= 15 is 0 Å². The highest BCUT2D eigenvalue weighted by atomic mass is 16.2. The van der Waals surface area contributed by atoms with E-state index in [1.807, 2.05) is 35.2 Å². The molecule has 29 heavy (non-hydrogen) atoms. The lowest BCUT2D eigenvalue weighted by atomic mass is 10.1. The van der Waals surface area contributed by atoms with Crippen molar-refractivity contribution in [3.05, 3.63) is 71.3 Å². The maximum absolute atomic E-state index is 13.1. The van der Waals surface area contributed by atoms with E-state index < -0.39 is 0 Å². The minimum Gasteiger partial charge on any atom is -0.334 e. The fraction of sp³-hybridized carbons (Fsp3) is 0.417. The van der Waals surface area contributed by atoms with Crippen LogP contribution in [0.3, 0.4) is 0 Å². The average Bonchev–Trinajstić information content (AvgIpc) is 2.78. The minimum absolute atomic E-state index is 0.00451. The molecule has 5 nitrogen and oxygen atoms in total. The predicted molar refractivity (Wildman–Crippen MR) is 113 cm³/mol. The Labute approximate surface area is 174 Å². The Kier molecular flexibility index (Phi) is 7.40. The molecule has 0 spiro atoms. The predicted octanol–water partition coefficient (Wildman–Crippen LogP) is 0.279. The smallest absolute Gasteiger partial charge is 0.280 e. The summed E-state index contributed by atoms with van der Waals surface area (Å²) in [6.07, 6.45) is 0. The molecule has 0 unspecified atom stereocenters. The first-order valence-electron chi connectivity index (χ1n) is 10.6. The number of hydrogen-bond donors (Lipinski definition) is 2. The number of piperazine rings is 1. The van der Waals surface area contributed by atoms with Gasteiger partial charge in [0.25, 0.3) is 5.91 Å². The van der Waals surface area contributed by atoms with Gasteiger partial charge in [-0.3, -0.25) is 4.79 Å². The number of hydrogen-bond acceptors (Lipinski definition) is 2. The highest BCUT2D eigenvalue weighted by molar-refractivity contribution is 5.80. The number of carbonyl (C=O) groups excluding carboxylic acids is 1. The molecule has 1 aliphatic heterocycles. The van der Waals surface area contributed by atoms with E-state index in [1.54, 1.807) is 4.90 Å². The molecule has 1 heterocycles. The Hall–Kier alpha value is -2.68. The first-order chi connectivity index (χ1) is 14.1. The molecule has 5 heteroatoms. The highest BCUT2D eigenvalue weighted by Gasteiger charge is 2.33. The second-order valence-electron chi connectivity index (χ2n) is 7.95. The molecule has 0 aliphatic carbocycles. The molecular formula is C24H32N4O+2. The molecule has 3 rings (SSSR count). The lowest BCUT2D eigenvalue weighted by Gasteiger charge is -2.34. The molecule has 0 radical (unpaired) electrons. The second-order valence-corrected chi connectivity index (χ2v) is 7.95. The summed E-state index contributed by atoms with van der Waals surface area (Å²) in [6, 6.07) is 20.3. The van der Waals surface area contributed by atoms with Gasteiger partial charge >= 0.3 is 0 Å². The van der Waals surface area contributed by atoms with Crippen molar-refractivity contribution in [1.29, 1.82) is 5.26 Å². The van der Waals surface area contributed by atoms with Gasteiger partial charge in [0.1, 0.15) is 32.7 Å². The maximum Gasteiger partial charge on any atom is 0.280 e. The molecule has 0 bridgehead atoms. The van der Waals surface area contributed by atoms with Gasteiger partial charge in [0.2, 0.25) is 0 Å². The normalized spacial score (nSPS) is 19.9. The standard InChI is InChI=1S/C24H30N4O/c1-3-27(19-22-7-5-4-6-8-22)24(29)20(2)28-15-13-26(14-16-28)18-23-11-9-21(17-25)10-12-23/h4-12,20H,3,13-16,18-19H2,1-2H3/p+2/t20-/m0/s1. The first-order valence-corrected chi connectivity index (χ1v) is 10.6. The van der Waals surface area contributed by atoms with Crippen LogP contribution in [-0.2, 0) is 17.9 Å². The molecule has 2 aromatic rings. The van der Waals surface area contributed by atoms with Crippen molar-refractivity contribution in [1.82, 2.24) is 4.90 Å². The van der Waals surface area contributed by atoms with Gasteiger partial charge in [-0.25, -0.2) is 0 Å². The summed E-state index contributed by atoms with van der Waals surface area (Å²) in [4.78, 5) is 18.0. The Bertz CT molecular complexity index is 820. The minimum atomic E-state index is -0.00451. The van der Waals surface area contributed by atoms with Crippen molar-refractivity contribution in [2.24, 2.45) is 0 Å². The van der Waals surface area contributed by atoms with E-state index in [9.17, 15) is 4.79 Å². The Balaban J connectivity index is 1.51. The van der Waals surface area contributed by atoms with Gasteiger partial charge in [-0.05, 0) is 31.5 Å². The zero-order chi connectivity index (χ0) is 20.6. The number of likely N-dealkylation sites (N-methyl/N-ethyl adjacent to an activating group) is 1. The number of quaternary nitrogens is 2. The molecule has 1 fully saturated rings. The van der Waals surface area contributed by atoms with Crippen molar-refractivity contribution >= 4 is 5.91 Å². The molecule has 2 aromatic carbocycles. The van der Waals surface area contributed by atoms with E-state index in [0.29, 0.717) is 12.1 Å². The summed E-state index contributed by atoms with van der Waals surface area (Å²) < 4.78 is 0. The number of nitriles is 1. The molecule has 1 atom stereocenters. The number of nitrogens with zero attached hydrogens (tertiary/aromatic N) is 2. The van der Waals surface area contributed by atoms with Crippen molar-refractivity contribution in [3.63, 3.8) is 0 Å². The summed E-state index contributed by atoms with van der Waals surface area (Å²) in [5, 5.41) is 8.93. The molecule has 1 saturated heterocycles. The van der Waals surface area contributed by atoms with Gasteiger partial charge in [-0.15, -0.1) is 0 Å². The zero-order valence-electron chi connectivity index (χ0n) is 17.5. The van der Waals surface area contributed by atoms with Gasteiger partial charge in [0.15, 0.2) is 6.04 Å². The molecule has 152 valence electrons. The van der Waals surface area contributed by atoms with Gasteiger partial charge < -0.3 is 14.7 Å². The average molecular weight is 393 g/mol. The summed E-state index contributed by atoms with van der Waals surface area (Å²) >= 11 is 0.